The van der Waals surface area contributed by atoms with Gasteiger partial charge in [-0.25, -0.2) is 4.99 Å². The maximum atomic E-state index is 13.1. The number of non-ortho nitro benzene ring substituents is 1. The SMILES string of the molecule is CC1=C(C(=O)Nc2ccccc2)[C@@H](c2ccc([N+](=O)[O-])cc2)N2C(=O)CSC2=N1. The lowest BCUT2D eigenvalue weighted by atomic mass is 9.93. The van der Waals surface area contributed by atoms with Gasteiger partial charge in [0.15, 0.2) is 5.17 Å². The molecule has 1 atom stereocenters. The normalized spacial score (nSPS) is 18.4. The van der Waals surface area contributed by atoms with E-state index in [0.717, 1.165) is 0 Å². The van der Waals surface area contributed by atoms with Crippen molar-refractivity contribution < 1.29 is 14.5 Å². The van der Waals surface area contributed by atoms with E-state index in [1.165, 1.54) is 28.8 Å². The van der Waals surface area contributed by atoms with Crippen LogP contribution in [0.25, 0.3) is 0 Å². The lowest BCUT2D eigenvalue weighted by Crippen LogP contribution is -2.40. The van der Waals surface area contributed by atoms with Crippen molar-refractivity contribution in [3.8, 4) is 0 Å². The summed E-state index contributed by atoms with van der Waals surface area (Å²) in [5.41, 5.74) is 2.02. The molecule has 0 unspecified atom stereocenters. The number of nitrogens with one attached hydrogen (secondary N) is 1. The fraction of sp³-hybridized carbons (Fsp3) is 0.150. The molecule has 9 heteroatoms. The monoisotopic (exact) mass is 408 g/mol. The highest BCUT2D eigenvalue weighted by Gasteiger charge is 2.42. The van der Waals surface area contributed by atoms with Crippen LogP contribution < -0.4 is 5.32 Å². The van der Waals surface area contributed by atoms with Crippen LogP contribution in [0.4, 0.5) is 11.4 Å². The minimum atomic E-state index is -0.700. The Balaban J connectivity index is 1.77. The van der Waals surface area contributed by atoms with Crippen LogP contribution in [0.2, 0.25) is 0 Å². The van der Waals surface area contributed by atoms with Crippen LogP contribution in [0.1, 0.15) is 18.5 Å². The Morgan fingerprint density at radius 2 is 1.90 bits per heavy atom. The van der Waals surface area contributed by atoms with Gasteiger partial charge in [0.1, 0.15) is 0 Å². The number of amides is 2. The molecule has 2 aliphatic rings. The number of carbonyl (C=O) groups excluding carboxylic acids is 2. The van der Waals surface area contributed by atoms with E-state index in [1.807, 2.05) is 18.2 Å². The smallest absolute Gasteiger partial charge is 0.269 e. The maximum absolute atomic E-state index is 13.1. The van der Waals surface area contributed by atoms with Gasteiger partial charge in [-0.3, -0.25) is 24.6 Å². The Morgan fingerprint density at radius 3 is 2.55 bits per heavy atom. The zero-order valence-electron chi connectivity index (χ0n) is 15.4. The summed E-state index contributed by atoms with van der Waals surface area (Å²) in [5.74, 6) is -0.289. The number of nitro benzene ring substituents is 1. The molecule has 2 amide bonds. The lowest BCUT2D eigenvalue weighted by Gasteiger charge is -2.33. The molecule has 4 rings (SSSR count). The third-order valence-electron chi connectivity index (χ3n) is 4.68. The highest BCUT2D eigenvalue weighted by Crippen LogP contribution is 2.41. The summed E-state index contributed by atoms with van der Waals surface area (Å²) in [7, 11) is 0. The van der Waals surface area contributed by atoms with Gasteiger partial charge < -0.3 is 5.32 Å². The summed E-state index contributed by atoms with van der Waals surface area (Å²) in [6, 6.07) is 14.2. The van der Waals surface area contributed by atoms with Crippen molar-refractivity contribution in [3.05, 3.63) is 81.5 Å². The predicted molar refractivity (Wildman–Crippen MR) is 110 cm³/mol. The van der Waals surface area contributed by atoms with Crippen LogP contribution >= 0.6 is 11.8 Å². The van der Waals surface area contributed by atoms with Gasteiger partial charge in [0.25, 0.3) is 11.6 Å². The highest BCUT2D eigenvalue weighted by atomic mass is 32.2. The summed E-state index contributed by atoms with van der Waals surface area (Å²) >= 11 is 1.31. The van der Waals surface area contributed by atoms with Crippen LogP contribution in [0.3, 0.4) is 0 Å². The van der Waals surface area contributed by atoms with Crippen LogP contribution in [-0.4, -0.2) is 32.6 Å². The van der Waals surface area contributed by atoms with Crippen molar-refractivity contribution in [3.63, 3.8) is 0 Å². The summed E-state index contributed by atoms with van der Waals surface area (Å²) in [5, 5.41) is 14.4. The van der Waals surface area contributed by atoms with Crippen molar-refractivity contribution in [2.45, 2.75) is 13.0 Å². The van der Waals surface area contributed by atoms with Crippen molar-refractivity contribution >= 4 is 40.1 Å². The third-order valence-corrected chi connectivity index (χ3v) is 5.62. The van der Waals surface area contributed by atoms with Gasteiger partial charge in [0.2, 0.25) is 5.91 Å². The molecule has 29 heavy (non-hydrogen) atoms. The molecule has 0 aromatic heterocycles. The molecule has 2 aliphatic heterocycles. The first kappa shape index (κ1) is 18.9. The third kappa shape index (κ3) is 3.52. The van der Waals surface area contributed by atoms with E-state index in [2.05, 4.69) is 10.3 Å². The van der Waals surface area contributed by atoms with Gasteiger partial charge in [-0.05, 0) is 36.8 Å². The number of thioether (sulfide) groups is 1. The van der Waals surface area contributed by atoms with E-state index in [-0.39, 0.29) is 23.3 Å². The summed E-state index contributed by atoms with van der Waals surface area (Å²) in [6.45, 7) is 1.73. The second-order valence-electron chi connectivity index (χ2n) is 6.52. The molecular formula is C20H16N4O4S. The second-order valence-corrected chi connectivity index (χ2v) is 7.46. The number of para-hydroxylation sites is 1. The minimum absolute atomic E-state index is 0.0587. The fourth-order valence-corrected chi connectivity index (χ4v) is 4.29. The Bertz CT molecular complexity index is 1060. The summed E-state index contributed by atoms with van der Waals surface area (Å²) < 4.78 is 0. The first-order valence-corrected chi connectivity index (χ1v) is 9.79. The topological polar surface area (TPSA) is 105 Å². The molecular weight excluding hydrogens is 392 g/mol. The minimum Gasteiger partial charge on any atom is -0.322 e. The van der Waals surface area contributed by atoms with Gasteiger partial charge in [0.05, 0.1) is 28.0 Å². The van der Waals surface area contributed by atoms with E-state index < -0.39 is 11.0 Å². The van der Waals surface area contributed by atoms with E-state index in [4.69, 9.17) is 0 Å². The number of amidine groups is 1. The largest absolute Gasteiger partial charge is 0.322 e. The molecule has 0 saturated carbocycles. The molecule has 0 radical (unpaired) electrons. The number of anilines is 1. The number of rotatable bonds is 4. The number of nitrogens with zero attached hydrogens (tertiary/aromatic N) is 3. The molecule has 8 nitrogen and oxygen atoms in total. The predicted octanol–water partition coefficient (Wildman–Crippen LogP) is 3.49. The molecule has 0 aliphatic carbocycles. The van der Waals surface area contributed by atoms with E-state index >= 15 is 0 Å². The average Bonchev–Trinajstić information content (AvgIpc) is 3.08. The van der Waals surface area contributed by atoms with Crippen molar-refractivity contribution in [2.75, 3.05) is 11.1 Å². The quantitative estimate of drug-likeness (QED) is 0.616. The van der Waals surface area contributed by atoms with E-state index in [0.29, 0.717) is 27.7 Å². The van der Waals surface area contributed by atoms with E-state index in [1.54, 1.807) is 31.2 Å². The zero-order chi connectivity index (χ0) is 20.5. The fourth-order valence-electron chi connectivity index (χ4n) is 3.35. The molecule has 2 heterocycles. The van der Waals surface area contributed by atoms with Crippen molar-refractivity contribution in [2.24, 2.45) is 4.99 Å². The number of carbonyl (C=O) groups is 2. The standard InChI is InChI=1S/C20H16N4O4S/c1-12-17(19(26)22-14-5-3-2-4-6-14)18(23-16(25)11-29-20(23)21-12)13-7-9-15(10-8-13)24(27)28/h2-10,18H,11H2,1H3,(H,22,26)/t18-/m1/s1. The number of nitro groups is 1. The van der Waals surface area contributed by atoms with Gasteiger partial charge in [-0.2, -0.15) is 0 Å². The first-order valence-electron chi connectivity index (χ1n) is 8.81. The average molecular weight is 408 g/mol. The van der Waals surface area contributed by atoms with Gasteiger partial charge in [0, 0.05) is 17.8 Å². The molecule has 146 valence electrons. The van der Waals surface area contributed by atoms with Crippen molar-refractivity contribution in [1.29, 1.82) is 0 Å². The van der Waals surface area contributed by atoms with E-state index in [9.17, 15) is 19.7 Å². The summed E-state index contributed by atoms with van der Waals surface area (Å²) in [6.07, 6.45) is 0. The van der Waals surface area contributed by atoms with Gasteiger partial charge >= 0.3 is 0 Å². The van der Waals surface area contributed by atoms with Crippen molar-refractivity contribution in [1.82, 2.24) is 4.90 Å². The number of allylic oxidation sites excluding steroid dienone is 1. The molecule has 1 N–H and O–H groups in total. The highest BCUT2D eigenvalue weighted by molar-refractivity contribution is 8.15. The molecule has 0 spiro atoms. The van der Waals surface area contributed by atoms with Crippen LogP contribution in [-0.2, 0) is 9.59 Å². The number of aliphatic imine (C=N–C) groups is 1. The Labute approximate surface area is 170 Å². The first-order chi connectivity index (χ1) is 14.0. The zero-order valence-corrected chi connectivity index (χ0v) is 16.2. The second kappa shape index (κ2) is 7.51. The Hall–Kier alpha value is -3.46. The van der Waals surface area contributed by atoms with Gasteiger partial charge in [-0.1, -0.05) is 30.0 Å². The number of benzene rings is 2. The lowest BCUT2D eigenvalue weighted by molar-refractivity contribution is -0.384. The molecule has 2 aromatic carbocycles. The Morgan fingerprint density at radius 1 is 1.21 bits per heavy atom. The Kier molecular flexibility index (Phi) is 4.89. The molecule has 1 fully saturated rings. The number of hydrogen-bond donors (Lipinski definition) is 1. The van der Waals surface area contributed by atoms with Crippen LogP contribution in [0.5, 0.6) is 0 Å². The molecule has 1 saturated heterocycles. The van der Waals surface area contributed by atoms with Crippen LogP contribution in [0, 0.1) is 10.1 Å². The number of hydrogen-bond acceptors (Lipinski definition) is 6. The number of fused-ring (bicyclic) bond motifs is 1. The molecule has 2 aromatic rings. The maximum Gasteiger partial charge on any atom is 0.269 e. The summed E-state index contributed by atoms with van der Waals surface area (Å²) in [4.78, 5) is 42.2. The molecule has 0 bridgehead atoms. The van der Waals surface area contributed by atoms with Gasteiger partial charge in [-0.15, -0.1) is 0 Å². The van der Waals surface area contributed by atoms with Crippen LogP contribution in [0.15, 0.2) is 70.9 Å².